The molecule has 0 amide bonds. The van der Waals surface area contributed by atoms with Gasteiger partial charge in [0.15, 0.2) is 0 Å². The first-order valence-electron chi connectivity index (χ1n) is 9.92. The normalized spacial score (nSPS) is 17.6. The number of rotatable bonds is 8. The Morgan fingerprint density at radius 3 is 2.66 bits per heavy atom. The molecule has 1 aliphatic heterocycles. The van der Waals surface area contributed by atoms with E-state index in [4.69, 9.17) is 4.98 Å². The molecule has 0 saturated carbocycles. The molecule has 1 atom stereocenters. The van der Waals surface area contributed by atoms with Gasteiger partial charge in [0.05, 0.1) is 22.0 Å². The molecular formula is C21H33N3O2S2U. The van der Waals surface area contributed by atoms with Gasteiger partial charge in [0.25, 0.3) is 0 Å². The van der Waals surface area contributed by atoms with E-state index in [1.807, 2.05) is 24.1 Å². The summed E-state index contributed by atoms with van der Waals surface area (Å²) in [4.78, 5) is 7.84. The quantitative estimate of drug-likeness (QED) is 0.296. The average Bonchev–Trinajstić information content (AvgIpc) is 2.65. The molecule has 1 aromatic heterocycles. The van der Waals surface area contributed by atoms with Gasteiger partial charge in [-0.15, -0.1) is 24.3 Å². The molecular weight excluding hydrogens is 628 g/mol. The Morgan fingerprint density at radius 1 is 1.45 bits per heavy atom. The molecule has 0 bridgehead atoms. The van der Waals surface area contributed by atoms with Crippen LogP contribution in [0.4, 0.5) is 11.5 Å². The first kappa shape index (κ1) is 26.9. The Balaban J connectivity index is 0.00000420. The zero-order chi connectivity index (χ0) is 20.9. The van der Waals surface area contributed by atoms with Gasteiger partial charge in [0, 0.05) is 12.6 Å². The second kappa shape index (κ2) is 12.0. The Morgan fingerprint density at radius 2 is 2.14 bits per heavy atom. The first-order chi connectivity index (χ1) is 13.3. The van der Waals surface area contributed by atoms with Gasteiger partial charge in [0.1, 0.15) is 5.82 Å². The molecule has 1 aliphatic rings. The molecule has 160 valence electrons. The predicted octanol–water partition coefficient (Wildman–Crippen LogP) is 4.80. The second-order valence-electron chi connectivity index (χ2n) is 7.19. The van der Waals surface area contributed by atoms with Crippen molar-refractivity contribution in [1.29, 1.82) is 0 Å². The number of aromatic nitrogens is 1. The van der Waals surface area contributed by atoms with Crippen LogP contribution in [0, 0.1) is 45.0 Å². The van der Waals surface area contributed by atoms with Crippen molar-refractivity contribution in [3.63, 3.8) is 0 Å². The van der Waals surface area contributed by atoms with Crippen LogP contribution in [0.25, 0.3) is 5.57 Å². The number of pyridine rings is 1. The van der Waals surface area contributed by atoms with Gasteiger partial charge in [-0.25, -0.2) is 13.4 Å². The van der Waals surface area contributed by atoms with Crippen LogP contribution < -0.4 is 9.21 Å². The molecule has 0 radical (unpaired) electrons. The number of nitrogens with zero attached hydrogens (tertiary/aromatic N) is 3. The van der Waals surface area contributed by atoms with Crippen LogP contribution in [0.1, 0.15) is 52.1 Å². The van der Waals surface area contributed by atoms with E-state index in [1.54, 1.807) is 16.1 Å². The van der Waals surface area contributed by atoms with Crippen LogP contribution in [0.2, 0.25) is 0 Å². The summed E-state index contributed by atoms with van der Waals surface area (Å²) in [6, 6.07) is 1.88. The third kappa shape index (κ3) is 6.41. The van der Waals surface area contributed by atoms with Gasteiger partial charge in [-0.1, -0.05) is 26.3 Å². The van der Waals surface area contributed by atoms with Gasteiger partial charge >= 0.3 is 31.1 Å². The van der Waals surface area contributed by atoms with E-state index in [2.05, 4.69) is 33.8 Å². The molecule has 1 aromatic rings. The molecule has 0 aromatic carbocycles. The van der Waals surface area contributed by atoms with Crippen molar-refractivity contribution >= 4 is 38.9 Å². The SMILES string of the molecule is [CH2-]CN(c1cc(N2CCCCS2(=O)=O)c(SC)c(/C(C)=C/CCC)n1)[C@@H]([CH2-])C.[U+2]. The molecule has 29 heavy (non-hydrogen) atoms. The third-order valence-corrected chi connectivity index (χ3v) is 7.61. The number of hydrogen-bond donors (Lipinski definition) is 0. The summed E-state index contributed by atoms with van der Waals surface area (Å²) in [7, 11) is -3.32. The zero-order valence-corrected chi connectivity index (χ0v) is 23.9. The first-order valence-corrected chi connectivity index (χ1v) is 12.8. The van der Waals surface area contributed by atoms with Gasteiger partial charge in [-0.3, -0.25) is 4.31 Å². The molecule has 1 saturated heterocycles. The van der Waals surface area contributed by atoms with Gasteiger partial charge < -0.3 is 18.7 Å². The Bertz CT molecular complexity index is 810. The predicted molar refractivity (Wildman–Crippen MR) is 122 cm³/mol. The summed E-state index contributed by atoms with van der Waals surface area (Å²) in [5, 5.41) is 0. The Labute approximate surface area is 205 Å². The van der Waals surface area contributed by atoms with E-state index in [-0.39, 0.29) is 42.9 Å². The molecule has 2 rings (SSSR count). The van der Waals surface area contributed by atoms with E-state index in [0.29, 0.717) is 19.5 Å². The van der Waals surface area contributed by atoms with Crippen LogP contribution in [0.15, 0.2) is 17.0 Å². The maximum atomic E-state index is 12.8. The largest absolute Gasteiger partial charge is 2.00 e. The van der Waals surface area contributed by atoms with E-state index in [1.165, 1.54) is 0 Å². The zero-order valence-electron chi connectivity index (χ0n) is 18.1. The number of hydrogen-bond acceptors (Lipinski definition) is 5. The van der Waals surface area contributed by atoms with Crippen molar-refractivity contribution in [2.24, 2.45) is 0 Å². The number of sulfonamides is 1. The Kier molecular flexibility index (Phi) is 11.1. The fraction of sp³-hybridized carbons (Fsp3) is 0.571. The molecule has 0 spiro atoms. The summed E-state index contributed by atoms with van der Waals surface area (Å²) in [5.41, 5.74) is 2.66. The number of anilines is 2. The van der Waals surface area contributed by atoms with Crippen molar-refractivity contribution in [2.45, 2.75) is 57.4 Å². The summed E-state index contributed by atoms with van der Waals surface area (Å²) in [6.07, 6.45) is 7.77. The van der Waals surface area contributed by atoms with Crippen LogP contribution in [0.5, 0.6) is 0 Å². The third-order valence-electron chi connectivity index (χ3n) is 4.94. The maximum Gasteiger partial charge on any atom is 2.00 e. The monoisotopic (exact) mass is 661 g/mol. The summed E-state index contributed by atoms with van der Waals surface area (Å²) in [6.45, 7) is 15.3. The van der Waals surface area contributed by atoms with Crippen LogP contribution in [-0.2, 0) is 10.0 Å². The van der Waals surface area contributed by atoms with Crippen molar-refractivity contribution in [1.82, 2.24) is 4.98 Å². The standard InChI is InChI=1S/C21H33N3O2S2.U/c1-7-9-12-17(5)20-21(27-6)18(24-13-10-11-14-28(24,25)26)15-19(22-20)23(8-2)16(3)4;/h12,15-16H,2-3,7-11,13-14H2,1,4-6H3;/q-2;+2/b17-12+;/t16-;/m0./s1. The van der Waals surface area contributed by atoms with E-state index >= 15 is 0 Å². The van der Waals surface area contributed by atoms with Gasteiger partial charge in [0.2, 0.25) is 10.0 Å². The van der Waals surface area contributed by atoms with E-state index in [9.17, 15) is 8.42 Å². The molecule has 8 heteroatoms. The average molecular weight is 662 g/mol. The second-order valence-corrected chi connectivity index (χ2v) is 10.0. The topological polar surface area (TPSA) is 53.5 Å². The molecule has 0 aliphatic carbocycles. The molecule has 0 N–H and O–H groups in total. The number of unbranched alkanes of at least 4 members (excludes halogenated alkanes) is 1. The number of allylic oxidation sites excluding steroid dienone is 2. The van der Waals surface area contributed by atoms with Crippen molar-refractivity contribution < 1.29 is 39.5 Å². The minimum atomic E-state index is -3.32. The summed E-state index contributed by atoms with van der Waals surface area (Å²) >= 11 is 1.56. The molecule has 0 unspecified atom stereocenters. The van der Waals surface area contributed by atoms with E-state index in [0.717, 1.165) is 46.9 Å². The van der Waals surface area contributed by atoms with Crippen molar-refractivity contribution in [3.05, 3.63) is 31.7 Å². The summed E-state index contributed by atoms with van der Waals surface area (Å²) in [5.74, 6) is 0.925. The van der Waals surface area contributed by atoms with E-state index < -0.39 is 10.0 Å². The fourth-order valence-corrected chi connectivity index (χ4v) is 5.86. The van der Waals surface area contributed by atoms with Crippen LogP contribution >= 0.6 is 11.8 Å². The van der Waals surface area contributed by atoms with Crippen molar-refractivity contribution in [2.75, 3.05) is 34.3 Å². The molecule has 5 nitrogen and oxygen atoms in total. The van der Waals surface area contributed by atoms with Gasteiger partial charge in [-0.05, 0) is 38.0 Å². The number of thioether (sulfide) groups is 1. The smallest absolute Gasteiger partial charge is 0.414 e. The summed E-state index contributed by atoms with van der Waals surface area (Å²) < 4.78 is 27.2. The molecule has 2 heterocycles. The van der Waals surface area contributed by atoms with Crippen LogP contribution in [-0.4, -0.2) is 44.5 Å². The molecule has 1 fully saturated rings. The Hall–Kier alpha value is -0.158. The maximum absolute atomic E-state index is 12.8. The van der Waals surface area contributed by atoms with Gasteiger partial charge in [-0.2, -0.15) is 0 Å². The minimum absolute atomic E-state index is 0. The minimum Gasteiger partial charge on any atom is -0.414 e. The van der Waals surface area contributed by atoms with Crippen LogP contribution in [0.3, 0.4) is 0 Å². The fourth-order valence-electron chi connectivity index (χ4n) is 3.39. The van der Waals surface area contributed by atoms with Crippen molar-refractivity contribution in [3.8, 4) is 0 Å².